The van der Waals surface area contributed by atoms with Gasteiger partial charge in [-0.1, -0.05) is 23.7 Å². The molecule has 88 valence electrons. The number of phenols is 1. The largest absolute Gasteiger partial charge is 0.508 e. The molecule has 0 saturated heterocycles. The normalized spacial score (nSPS) is 11.0. The van der Waals surface area contributed by atoms with E-state index in [9.17, 15) is 5.11 Å². The summed E-state index contributed by atoms with van der Waals surface area (Å²) in [5, 5.41) is 19.0. The molecule has 18 heavy (non-hydrogen) atoms. The Hall–Kier alpha value is -2.24. The van der Waals surface area contributed by atoms with Gasteiger partial charge in [0, 0.05) is 5.02 Å². The molecule has 2 aromatic rings. The van der Waals surface area contributed by atoms with E-state index in [0.717, 1.165) is 11.1 Å². The number of hydrogen-bond acceptors (Lipinski definition) is 2. The van der Waals surface area contributed by atoms with E-state index in [0.29, 0.717) is 10.6 Å². The second kappa shape index (κ2) is 5.39. The Balaban J connectivity index is 2.37. The van der Waals surface area contributed by atoms with Crippen LogP contribution in [0.5, 0.6) is 5.75 Å². The Kier molecular flexibility index (Phi) is 3.66. The molecule has 0 aliphatic heterocycles. The van der Waals surface area contributed by atoms with Crippen LogP contribution >= 0.6 is 11.6 Å². The standard InChI is InChI=1S/C15H10ClNO/c16-14-5-1-11(2-6-14)9-13(10-17)12-3-7-15(18)8-4-12/h1-9,18H. The van der Waals surface area contributed by atoms with Gasteiger partial charge in [-0.15, -0.1) is 0 Å². The molecular formula is C15H10ClNO. The average molecular weight is 256 g/mol. The number of rotatable bonds is 2. The average Bonchev–Trinajstić information content (AvgIpc) is 2.39. The summed E-state index contributed by atoms with van der Waals surface area (Å²) in [5.74, 6) is 0.183. The zero-order valence-electron chi connectivity index (χ0n) is 9.47. The van der Waals surface area contributed by atoms with Crippen molar-refractivity contribution in [1.29, 1.82) is 5.26 Å². The number of benzene rings is 2. The van der Waals surface area contributed by atoms with Gasteiger partial charge in [0.2, 0.25) is 0 Å². The van der Waals surface area contributed by atoms with Gasteiger partial charge < -0.3 is 5.11 Å². The fourth-order valence-electron chi connectivity index (χ4n) is 1.55. The fourth-order valence-corrected chi connectivity index (χ4v) is 1.67. The highest BCUT2D eigenvalue weighted by Crippen LogP contribution is 2.20. The van der Waals surface area contributed by atoms with Crippen molar-refractivity contribution < 1.29 is 5.11 Å². The first kappa shape index (κ1) is 12.2. The lowest BCUT2D eigenvalue weighted by Gasteiger charge is -2.00. The molecule has 3 heteroatoms. The zero-order chi connectivity index (χ0) is 13.0. The third kappa shape index (κ3) is 2.91. The lowest BCUT2D eigenvalue weighted by atomic mass is 10.0. The van der Waals surface area contributed by atoms with Gasteiger partial charge in [-0.3, -0.25) is 0 Å². The Bertz CT molecular complexity index is 606. The molecule has 0 radical (unpaired) electrons. The van der Waals surface area contributed by atoms with Gasteiger partial charge in [0.05, 0.1) is 11.6 Å². The van der Waals surface area contributed by atoms with Crippen molar-refractivity contribution in [3.05, 3.63) is 64.7 Å². The van der Waals surface area contributed by atoms with Crippen LogP contribution in [0.2, 0.25) is 5.02 Å². The minimum Gasteiger partial charge on any atom is -0.508 e. The van der Waals surface area contributed by atoms with Gasteiger partial charge in [0.25, 0.3) is 0 Å². The first-order valence-corrected chi connectivity index (χ1v) is 5.73. The smallest absolute Gasteiger partial charge is 0.115 e. The monoisotopic (exact) mass is 255 g/mol. The van der Waals surface area contributed by atoms with E-state index in [2.05, 4.69) is 6.07 Å². The molecule has 0 unspecified atom stereocenters. The summed E-state index contributed by atoms with van der Waals surface area (Å²) in [5.41, 5.74) is 2.21. The highest BCUT2D eigenvalue weighted by Gasteiger charge is 2.01. The number of halogens is 1. The van der Waals surface area contributed by atoms with Gasteiger partial charge in [-0.05, 0) is 53.6 Å². The molecule has 0 heterocycles. The Morgan fingerprint density at radius 2 is 1.67 bits per heavy atom. The van der Waals surface area contributed by atoms with Crippen molar-refractivity contribution in [3.63, 3.8) is 0 Å². The molecule has 0 bridgehead atoms. The van der Waals surface area contributed by atoms with Gasteiger partial charge in [0.15, 0.2) is 0 Å². The Morgan fingerprint density at radius 3 is 2.22 bits per heavy atom. The Morgan fingerprint density at radius 1 is 1.06 bits per heavy atom. The predicted octanol–water partition coefficient (Wildman–Crippen LogP) is 4.11. The van der Waals surface area contributed by atoms with E-state index in [1.54, 1.807) is 42.5 Å². The summed E-state index contributed by atoms with van der Waals surface area (Å²) in [6.07, 6.45) is 1.78. The van der Waals surface area contributed by atoms with Crippen molar-refractivity contribution in [1.82, 2.24) is 0 Å². The maximum atomic E-state index is 9.21. The van der Waals surface area contributed by atoms with Crippen LogP contribution in [0.4, 0.5) is 0 Å². The van der Waals surface area contributed by atoms with Crippen molar-refractivity contribution in [2.24, 2.45) is 0 Å². The van der Waals surface area contributed by atoms with Crippen LogP contribution in [0.25, 0.3) is 11.6 Å². The fraction of sp³-hybridized carbons (Fsp3) is 0. The number of phenolic OH excluding ortho intramolecular Hbond substituents is 1. The zero-order valence-corrected chi connectivity index (χ0v) is 10.2. The van der Waals surface area contributed by atoms with Crippen LogP contribution in [-0.2, 0) is 0 Å². The first-order chi connectivity index (χ1) is 8.69. The summed E-state index contributed by atoms with van der Waals surface area (Å²) in [4.78, 5) is 0. The topological polar surface area (TPSA) is 44.0 Å². The maximum absolute atomic E-state index is 9.21. The molecule has 0 aliphatic rings. The van der Waals surface area contributed by atoms with Crippen molar-refractivity contribution in [2.75, 3.05) is 0 Å². The van der Waals surface area contributed by atoms with E-state index in [1.807, 2.05) is 12.1 Å². The third-order valence-electron chi connectivity index (χ3n) is 2.48. The number of aromatic hydroxyl groups is 1. The molecule has 1 N–H and O–H groups in total. The maximum Gasteiger partial charge on any atom is 0.115 e. The summed E-state index contributed by atoms with van der Waals surface area (Å²) in [6.45, 7) is 0. The van der Waals surface area contributed by atoms with E-state index in [-0.39, 0.29) is 5.75 Å². The SMILES string of the molecule is N#CC(=Cc1ccc(Cl)cc1)c1ccc(O)cc1. The van der Waals surface area contributed by atoms with Crippen LogP contribution in [0.15, 0.2) is 48.5 Å². The predicted molar refractivity (Wildman–Crippen MR) is 73.0 cm³/mol. The summed E-state index contributed by atoms with van der Waals surface area (Å²) in [6, 6.07) is 15.9. The van der Waals surface area contributed by atoms with Crippen LogP contribution in [0.3, 0.4) is 0 Å². The van der Waals surface area contributed by atoms with Crippen molar-refractivity contribution in [3.8, 4) is 11.8 Å². The summed E-state index contributed by atoms with van der Waals surface area (Å²) < 4.78 is 0. The number of allylic oxidation sites excluding steroid dienone is 1. The van der Waals surface area contributed by atoms with Crippen molar-refractivity contribution in [2.45, 2.75) is 0 Å². The first-order valence-electron chi connectivity index (χ1n) is 5.36. The second-order valence-electron chi connectivity index (χ2n) is 3.77. The molecule has 2 aromatic carbocycles. The molecule has 2 rings (SSSR count). The molecule has 0 amide bonds. The highest BCUT2D eigenvalue weighted by atomic mass is 35.5. The van der Waals surface area contributed by atoms with Crippen molar-refractivity contribution >= 4 is 23.3 Å². The van der Waals surface area contributed by atoms with Crippen LogP contribution in [0.1, 0.15) is 11.1 Å². The van der Waals surface area contributed by atoms with E-state index >= 15 is 0 Å². The quantitative estimate of drug-likeness (QED) is 0.648. The van der Waals surface area contributed by atoms with Crippen LogP contribution in [0, 0.1) is 11.3 Å². The molecule has 0 saturated carbocycles. The van der Waals surface area contributed by atoms with E-state index < -0.39 is 0 Å². The minimum absolute atomic E-state index is 0.183. The van der Waals surface area contributed by atoms with Gasteiger partial charge in [0.1, 0.15) is 5.75 Å². The second-order valence-corrected chi connectivity index (χ2v) is 4.20. The Labute approximate surface area is 110 Å². The lowest BCUT2D eigenvalue weighted by Crippen LogP contribution is -1.81. The highest BCUT2D eigenvalue weighted by molar-refractivity contribution is 6.30. The van der Waals surface area contributed by atoms with Crippen LogP contribution in [-0.4, -0.2) is 5.11 Å². The molecule has 0 aromatic heterocycles. The number of nitriles is 1. The van der Waals surface area contributed by atoms with E-state index in [1.165, 1.54) is 0 Å². The molecule has 0 fully saturated rings. The van der Waals surface area contributed by atoms with Gasteiger partial charge in [-0.25, -0.2) is 0 Å². The molecule has 0 aliphatic carbocycles. The van der Waals surface area contributed by atoms with Gasteiger partial charge >= 0.3 is 0 Å². The van der Waals surface area contributed by atoms with E-state index in [4.69, 9.17) is 16.9 Å². The van der Waals surface area contributed by atoms with Crippen LogP contribution < -0.4 is 0 Å². The molecule has 2 nitrogen and oxygen atoms in total. The summed E-state index contributed by atoms with van der Waals surface area (Å²) in [7, 11) is 0. The molecular weight excluding hydrogens is 246 g/mol. The number of hydrogen-bond donors (Lipinski definition) is 1. The molecule has 0 atom stereocenters. The third-order valence-corrected chi connectivity index (χ3v) is 2.73. The van der Waals surface area contributed by atoms with Gasteiger partial charge in [-0.2, -0.15) is 5.26 Å². The lowest BCUT2D eigenvalue weighted by molar-refractivity contribution is 0.475. The summed E-state index contributed by atoms with van der Waals surface area (Å²) >= 11 is 5.80. The number of nitrogens with zero attached hydrogens (tertiary/aromatic N) is 1. The molecule has 0 spiro atoms. The minimum atomic E-state index is 0.183.